The van der Waals surface area contributed by atoms with E-state index in [9.17, 15) is 13.2 Å². The van der Waals surface area contributed by atoms with Crippen molar-refractivity contribution in [1.82, 2.24) is 0 Å². The molecule has 1 amide bonds. The molecule has 0 heterocycles. The van der Waals surface area contributed by atoms with Gasteiger partial charge in [0.15, 0.2) is 0 Å². The van der Waals surface area contributed by atoms with Crippen LogP contribution in [0.2, 0.25) is 5.02 Å². The van der Waals surface area contributed by atoms with Crippen LogP contribution in [0.25, 0.3) is 0 Å². The molecule has 0 aliphatic carbocycles. The molecule has 6 nitrogen and oxygen atoms in total. The van der Waals surface area contributed by atoms with Crippen molar-refractivity contribution in [2.75, 3.05) is 22.9 Å². The Hall–Kier alpha value is -2.25. The molecule has 0 bridgehead atoms. The number of ether oxygens (including phenoxy) is 1. The number of amides is 1. The molecule has 2 aromatic carbocycles. The Labute approximate surface area is 158 Å². The zero-order valence-electron chi connectivity index (χ0n) is 15.0. The van der Waals surface area contributed by atoms with Crippen molar-refractivity contribution in [3.05, 3.63) is 53.1 Å². The normalized spacial score (nSPS) is 11.3. The van der Waals surface area contributed by atoms with Crippen molar-refractivity contribution in [2.24, 2.45) is 0 Å². The van der Waals surface area contributed by atoms with Gasteiger partial charge in [0.25, 0.3) is 5.91 Å². The maximum Gasteiger partial charge on any atom is 0.257 e. The Balaban J connectivity index is 2.20. The molecule has 2 aromatic rings. The first-order valence-corrected chi connectivity index (χ1v) is 10.1. The average molecular weight is 397 g/mol. The topological polar surface area (TPSA) is 75.7 Å². The summed E-state index contributed by atoms with van der Waals surface area (Å²) in [5.74, 6) is 0.249. The van der Waals surface area contributed by atoms with Crippen LogP contribution in [0, 0.1) is 0 Å². The quantitative estimate of drug-likeness (QED) is 0.806. The van der Waals surface area contributed by atoms with Crippen molar-refractivity contribution >= 4 is 38.9 Å². The molecule has 26 heavy (non-hydrogen) atoms. The molecule has 1 N–H and O–H groups in total. The molecule has 140 valence electrons. The predicted molar refractivity (Wildman–Crippen MR) is 105 cm³/mol. The van der Waals surface area contributed by atoms with E-state index < -0.39 is 15.9 Å². The number of benzene rings is 2. The van der Waals surface area contributed by atoms with Gasteiger partial charge in [0.1, 0.15) is 5.75 Å². The molecule has 0 saturated carbocycles. The van der Waals surface area contributed by atoms with Crippen molar-refractivity contribution in [1.29, 1.82) is 0 Å². The highest BCUT2D eigenvalue weighted by atomic mass is 35.5. The third-order valence-electron chi connectivity index (χ3n) is 3.52. The second-order valence-electron chi connectivity index (χ2n) is 6.04. The van der Waals surface area contributed by atoms with Crippen LogP contribution in [0.5, 0.6) is 5.75 Å². The molecule has 8 heteroatoms. The van der Waals surface area contributed by atoms with E-state index in [1.807, 2.05) is 13.8 Å². The summed E-state index contributed by atoms with van der Waals surface area (Å²) in [6.07, 6.45) is 1.11. The number of carbonyl (C=O) groups excluding carboxylic acids is 1. The fourth-order valence-electron chi connectivity index (χ4n) is 2.19. The minimum atomic E-state index is -3.41. The molecule has 0 aromatic heterocycles. The first kappa shape index (κ1) is 20.1. The summed E-state index contributed by atoms with van der Waals surface area (Å²) in [6, 6.07) is 11.5. The lowest BCUT2D eigenvalue weighted by Gasteiger charge is -2.17. The molecule has 0 spiro atoms. The summed E-state index contributed by atoms with van der Waals surface area (Å²) in [5, 5.41) is 2.91. The molecule has 0 fully saturated rings. The maximum absolute atomic E-state index is 12.5. The van der Waals surface area contributed by atoms with Gasteiger partial charge in [0.2, 0.25) is 10.0 Å². The monoisotopic (exact) mass is 396 g/mol. The highest BCUT2D eigenvalue weighted by molar-refractivity contribution is 7.92. The van der Waals surface area contributed by atoms with E-state index in [1.54, 1.807) is 24.3 Å². The van der Waals surface area contributed by atoms with E-state index in [-0.39, 0.29) is 16.7 Å². The van der Waals surface area contributed by atoms with Gasteiger partial charge in [-0.15, -0.1) is 0 Å². The maximum atomic E-state index is 12.5. The first-order chi connectivity index (χ1) is 12.1. The minimum Gasteiger partial charge on any atom is -0.491 e. The van der Waals surface area contributed by atoms with Gasteiger partial charge in [-0.05, 0) is 44.2 Å². The average Bonchev–Trinajstić information content (AvgIpc) is 2.52. The second kappa shape index (κ2) is 7.97. The molecule has 0 aliphatic heterocycles. The Morgan fingerprint density at radius 3 is 2.46 bits per heavy atom. The van der Waals surface area contributed by atoms with Crippen molar-refractivity contribution in [2.45, 2.75) is 20.0 Å². The number of hydrogen-bond donors (Lipinski definition) is 1. The summed E-state index contributed by atoms with van der Waals surface area (Å²) < 4.78 is 29.9. The number of nitrogens with zero attached hydrogens (tertiary/aromatic N) is 1. The lowest BCUT2D eigenvalue weighted by atomic mass is 10.2. The van der Waals surface area contributed by atoms with Crippen LogP contribution in [0.1, 0.15) is 24.2 Å². The van der Waals surface area contributed by atoms with Crippen molar-refractivity contribution in [3.63, 3.8) is 0 Å². The Morgan fingerprint density at radius 2 is 1.88 bits per heavy atom. The summed E-state index contributed by atoms with van der Waals surface area (Å²) >= 11 is 6.18. The summed E-state index contributed by atoms with van der Waals surface area (Å²) in [4.78, 5) is 12.5. The van der Waals surface area contributed by atoms with E-state index in [0.29, 0.717) is 17.1 Å². The van der Waals surface area contributed by atoms with E-state index in [1.165, 1.54) is 25.2 Å². The zero-order valence-corrected chi connectivity index (χ0v) is 16.6. The van der Waals surface area contributed by atoms with Gasteiger partial charge in [0, 0.05) is 18.8 Å². The molecule has 0 saturated heterocycles. The molecular weight excluding hydrogens is 376 g/mol. The van der Waals surface area contributed by atoms with Crippen molar-refractivity contribution in [3.8, 4) is 5.75 Å². The van der Waals surface area contributed by atoms with Crippen LogP contribution < -0.4 is 14.4 Å². The molecule has 0 unspecified atom stereocenters. The summed E-state index contributed by atoms with van der Waals surface area (Å²) in [5.41, 5.74) is 1.19. The van der Waals surface area contributed by atoms with Gasteiger partial charge in [-0.25, -0.2) is 8.42 Å². The molecule has 2 rings (SSSR count). The van der Waals surface area contributed by atoms with Gasteiger partial charge >= 0.3 is 0 Å². The fourth-order valence-corrected chi connectivity index (χ4v) is 2.95. The fraction of sp³-hybridized carbons (Fsp3) is 0.278. The second-order valence-corrected chi connectivity index (χ2v) is 8.46. The Bertz CT molecular complexity index is 913. The van der Waals surface area contributed by atoms with E-state index in [2.05, 4.69) is 5.32 Å². The standard InChI is InChI=1S/C18H21ClN2O4S/c1-12(2)25-15-7-5-6-13(10-15)20-18(22)16-9-8-14(11-17(16)19)21(3)26(4,23)24/h5-12H,1-4H3,(H,20,22). The van der Waals surface area contributed by atoms with Crippen molar-refractivity contribution < 1.29 is 17.9 Å². The lowest BCUT2D eigenvalue weighted by Crippen LogP contribution is -2.25. The molecular formula is C18H21ClN2O4S. The number of anilines is 2. The third-order valence-corrected chi connectivity index (χ3v) is 5.04. The minimum absolute atomic E-state index is 0.0229. The lowest BCUT2D eigenvalue weighted by molar-refractivity contribution is 0.102. The highest BCUT2D eigenvalue weighted by Crippen LogP contribution is 2.26. The van der Waals surface area contributed by atoms with Crippen LogP contribution >= 0.6 is 11.6 Å². The van der Waals surface area contributed by atoms with Gasteiger partial charge in [-0.2, -0.15) is 0 Å². The SMILES string of the molecule is CC(C)Oc1cccc(NC(=O)c2ccc(N(C)S(C)(=O)=O)cc2Cl)c1. The van der Waals surface area contributed by atoms with E-state index >= 15 is 0 Å². The Kier molecular flexibility index (Phi) is 6.15. The summed E-state index contributed by atoms with van der Waals surface area (Å²) in [7, 11) is -1.99. The van der Waals surface area contributed by atoms with E-state index in [4.69, 9.17) is 16.3 Å². The third kappa shape index (κ3) is 5.12. The Morgan fingerprint density at radius 1 is 1.19 bits per heavy atom. The smallest absolute Gasteiger partial charge is 0.257 e. The number of carbonyl (C=O) groups is 1. The van der Waals surface area contributed by atoms with Gasteiger partial charge in [0.05, 0.1) is 28.6 Å². The number of nitrogens with one attached hydrogen (secondary N) is 1. The van der Waals surface area contributed by atoms with Crippen LogP contribution in [0.3, 0.4) is 0 Å². The molecule has 0 aliphatic rings. The zero-order chi connectivity index (χ0) is 19.5. The highest BCUT2D eigenvalue weighted by Gasteiger charge is 2.16. The number of hydrogen-bond acceptors (Lipinski definition) is 4. The van der Waals surface area contributed by atoms with Crippen LogP contribution in [-0.2, 0) is 10.0 Å². The predicted octanol–water partition coefficient (Wildman–Crippen LogP) is 3.78. The molecule has 0 atom stereocenters. The van der Waals surface area contributed by atoms with E-state index in [0.717, 1.165) is 10.6 Å². The largest absolute Gasteiger partial charge is 0.491 e. The van der Waals surface area contributed by atoms with Crippen LogP contribution in [0.4, 0.5) is 11.4 Å². The number of rotatable bonds is 6. The first-order valence-electron chi connectivity index (χ1n) is 7.89. The molecule has 0 radical (unpaired) electrons. The number of halogens is 1. The van der Waals surface area contributed by atoms with Gasteiger partial charge in [-0.1, -0.05) is 17.7 Å². The number of sulfonamides is 1. The summed E-state index contributed by atoms with van der Waals surface area (Å²) in [6.45, 7) is 3.83. The van der Waals surface area contributed by atoms with Gasteiger partial charge in [-0.3, -0.25) is 9.10 Å². The van der Waals surface area contributed by atoms with Crippen LogP contribution in [-0.4, -0.2) is 33.7 Å². The van der Waals surface area contributed by atoms with Gasteiger partial charge < -0.3 is 10.1 Å². The van der Waals surface area contributed by atoms with Crippen LogP contribution in [0.15, 0.2) is 42.5 Å².